The molecule has 2 aromatic rings. The van der Waals surface area contributed by atoms with Crippen molar-refractivity contribution in [1.29, 1.82) is 0 Å². The van der Waals surface area contributed by atoms with Crippen LogP contribution in [0.3, 0.4) is 0 Å². The minimum atomic E-state index is -0.603. The lowest BCUT2D eigenvalue weighted by molar-refractivity contribution is 0.0594. The number of ether oxygens (including phenoxy) is 1. The van der Waals surface area contributed by atoms with Crippen LogP contribution >= 0.6 is 11.3 Å². The summed E-state index contributed by atoms with van der Waals surface area (Å²) in [6.07, 6.45) is 0. The molecule has 0 radical (unpaired) electrons. The van der Waals surface area contributed by atoms with Gasteiger partial charge in [0.25, 0.3) is 0 Å². The molecule has 0 aliphatic carbocycles. The Morgan fingerprint density at radius 1 is 1.42 bits per heavy atom. The Kier molecular flexibility index (Phi) is 3.75. The topological polar surface area (TPSA) is 51.2 Å². The van der Waals surface area contributed by atoms with E-state index < -0.39 is 17.6 Å². The summed E-state index contributed by atoms with van der Waals surface area (Å²) in [4.78, 5) is 16.0. The van der Waals surface area contributed by atoms with Crippen LogP contribution < -0.4 is 5.32 Å². The highest BCUT2D eigenvalue weighted by Gasteiger charge is 2.16. The van der Waals surface area contributed by atoms with Crippen molar-refractivity contribution in [2.24, 2.45) is 0 Å². The normalized spacial score (nSPS) is 10.3. The molecule has 0 fully saturated rings. The molecule has 19 heavy (non-hydrogen) atoms. The molecule has 0 saturated carbocycles. The van der Waals surface area contributed by atoms with E-state index in [1.165, 1.54) is 7.11 Å². The Morgan fingerprint density at radius 3 is 2.84 bits per heavy atom. The van der Waals surface area contributed by atoms with Gasteiger partial charge >= 0.3 is 5.97 Å². The fourth-order valence-corrected chi connectivity index (χ4v) is 2.26. The maximum atomic E-state index is 13.4. The number of anilines is 2. The van der Waals surface area contributed by atoms with Crippen molar-refractivity contribution >= 4 is 28.1 Å². The van der Waals surface area contributed by atoms with Crippen molar-refractivity contribution in [3.63, 3.8) is 0 Å². The number of benzene rings is 1. The predicted octanol–water partition coefficient (Wildman–Crippen LogP) is 3.26. The number of hydrogen-bond acceptors (Lipinski definition) is 5. The highest BCUT2D eigenvalue weighted by Crippen LogP contribution is 2.27. The number of aryl methyl sites for hydroxylation is 1. The highest BCUT2D eigenvalue weighted by molar-refractivity contribution is 7.15. The number of halogens is 2. The molecule has 4 nitrogen and oxygen atoms in total. The molecule has 0 aliphatic rings. The molecule has 1 aromatic carbocycles. The zero-order chi connectivity index (χ0) is 14.0. The van der Waals surface area contributed by atoms with E-state index in [9.17, 15) is 13.6 Å². The first-order valence-electron chi connectivity index (χ1n) is 5.29. The van der Waals surface area contributed by atoms with Crippen molar-refractivity contribution in [3.05, 3.63) is 40.4 Å². The van der Waals surface area contributed by atoms with Crippen LogP contribution in [-0.2, 0) is 4.74 Å². The lowest BCUT2D eigenvalue weighted by atomic mass is 10.3. The lowest BCUT2D eigenvalue weighted by Crippen LogP contribution is -2.03. The smallest absolute Gasteiger partial charge is 0.357 e. The minimum Gasteiger partial charge on any atom is -0.464 e. The Hall–Kier alpha value is -2.02. The second kappa shape index (κ2) is 5.31. The first-order chi connectivity index (χ1) is 9.01. The van der Waals surface area contributed by atoms with Crippen LogP contribution in [0.15, 0.2) is 18.2 Å². The summed E-state index contributed by atoms with van der Waals surface area (Å²) in [7, 11) is 1.25. The van der Waals surface area contributed by atoms with Crippen LogP contribution in [-0.4, -0.2) is 18.1 Å². The van der Waals surface area contributed by atoms with Crippen molar-refractivity contribution < 1.29 is 18.3 Å². The fourth-order valence-electron chi connectivity index (χ4n) is 1.44. The van der Waals surface area contributed by atoms with Crippen LogP contribution in [0.2, 0.25) is 0 Å². The van der Waals surface area contributed by atoms with Crippen LogP contribution in [0.1, 0.15) is 15.4 Å². The first kappa shape index (κ1) is 13.4. The number of nitrogens with one attached hydrogen (secondary N) is 1. The Morgan fingerprint density at radius 2 is 2.16 bits per heavy atom. The van der Waals surface area contributed by atoms with Gasteiger partial charge in [-0.25, -0.2) is 18.6 Å². The molecule has 0 amide bonds. The monoisotopic (exact) mass is 284 g/mol. The molecule has 0 atom stereocenters. The van der Waals surface area contributed by atoms with Gasteiger partial charge in [0.1, 0.15) is 11.6 Å². The fraction of sp³-hybridized carbons (Fsp3) is 0.167. The first-order valence-corrected chi connectivity index (χ1v) is 6.10. The Bertz CT molecular complexity index is 628. The third-order valence-corrected chi connectivity index (χ3v) is 3.23. The van der Waals surface area contributed by atoms with E-state index in [1.807, 2.05) is 0 Å². The number of methoxy groups -OCH3 is 1. The number of esters is 1. The summed E-state index contributed by atoms with van der Waals surface area (Å²) >= 11 is 1.16. The molecule has 0 aliphatic heterocycles. The predicted molar refractivity (Wildman–Crippen MR) is 67.8 cm³/mol. The van der Waals surface area contributed by atoms with Gasteiger partial charge in [-0.3, -0.25) is 0 Å². The molecular weight excluding hydrogens is 274 g/mol. The van der Waals surface area contributed by atoms with E-state index in [0.717, 1.165) is 29.5 Å². The van der Waals surface area contributed by atoms with Gasteiger partial charge in [-0.1, -0.05) is 0 Å². The molecule has 1 aromatic heterocycles. The van der Waals surface area contributed by atoms with E-state index in [1.54, 1.807) is 6.92 Å². The van der Waals surface area contributed by atoms with Crippen molar-refractivity contribution in [2.45, 2.75) is 6.92 Å². The third kappa shape index (κ3) is 2.87. The van der Waals surface area contributed by atoms with Crippen LogP contribution in [0.4, 0.5) is 19.6 Å². The summed E-state index contributed by atoms with van der Waals surface area (Å²) in [6, 6.07) is 3.05. The molecule has 0 unspecified atom stereocenters. The van der Waals surface area contributed by atoms with E-state index in [4.69, 9.17) is 0 Å². The average Bonchev–Trinajstić information content (AvgIpc) is 2.74. The molecule has 0 spiro atoms. The zero-order valence-electron chi connectivity index (χ0n) is 10.2. The molecule has 0 bridgehead atoms. The van der Waals surface area contributed by atoms with Gasteiger partial charge in [0.2, 0.25) is 0 Å². The standard InChI is InChI=1S/C12H10F2N2O2S/c1-6-10(11(17)18-2)16-12(19-6)15-9-5-7(13)3-4-8(9)14/h3-5H,1-2H3,(H,15,16). The number of nitrogens with zero attached hydrogens (tertiary/aromatic N) is 1. The Labute approximate surface area is 112 Å². The van der Waals surface area contributed by atoms with Gasteiger partial charge < -0.3 is 10.1 Å². The van der Waals surface area contributed by atoms with Crippen molar-refractivity contribution in [1.82, 2.24) is 4.98 Å². The van der Waals surface area contributed by atoms with Crippen LogP contribution in [0, 0.1) is 18.6 Å². The van der Waals surface area contributed by atoms with E-state index >= 15 is 0 Å². The zero-order valence-corrected chi connectivity index (χ0v) is 11.0. The van der Waals surface area contributed by atoms with Crippen LogP contribution in [0.25, 0.3) is 0 Å². The molecule has 0 saturated heterocycles. The van der Waals surface area contributed by atoms with Gasteiger partial charge in [0.05, 0.1) is 12.8 Å². The quantitative estimate of drug-likeness (QED) is 0.879. The van der Waals surface area contributed by atoms with Gasteiger partial charge in [0, 0.05) is 10.9 Å². The Balaban J connectivity index is 2.29. The lowest BCUT2D eigenvalue weighted by Gasteiger charge is -2.03. The molecule has 1 heterocycles. The highest BCUT2D eigenvalue weighted by atomic mass is 32.1. The number of rotatable bonds is 3. The van der Waals surface area contributed by atoms with E-state index in [2.05, 4.69) is 15.0 Å². The van der Waals surface area contributed by atoms with Crippen molar-refractivity contribution in [3.8, 4) is 0 Å². The number of carbonyl (C=O) groups is 1. The molecule has 1 N–H and O–H groups in total. The maximum absolute atomic E-state index is 13.4. The molecular formula is C12H10F2N2O2S. The molecule has 2 rings (SSSR count). The maximum Gasteiger partial charge on any atom is 0.357 e. The average molecular weight is 284 g/mol. The van der Waals surface area contributed by atoms with Gasteiger partial charge in [-0.15, -0.1) is 11.3 Å². The minimum absolute atomic E-state index is 0.0369. The summed E-state index contributed by atoms with van der Waals surface area (Å²) < 4.78 is 31.0. The largest absolute Gasteiger partial charge is 0.464 e. The van der Waals surface area contributed by atoms with Gasteiger partial charge in [0.15, 0.2) is 10.8 Å². The summed E-state index contributed by atoms with van der Waals surface area (Å²) in [5.41, 5.74) is 0.122. The SMILES string of the molecule is COC(=O)c1nc(Nc2cc(F)ccc2F)sc1C. The summed E-state index contributed by atoms with van der Waals surface area (Å²) in [5.74, 6) is -1.74. The number of carbonyl (C=O) groups excluding carboxylic acids is 1. The van der Waals surface area contributed by atoms with E-state index in [-0.39, 0.29) is 11.4 Å². The van der Waals surface area contributed by atoms with Gasteiger partial charge in [-0.2, -0.15) is 0 Å². The van der Waals surface area contributed by atoms with Gasteiger partial charge in [-0.05, 0) is 19.1 Å². The number of thiazole rings is 1. The molecule has 7 heteroatoms. The third-order valence-electron chi connectivity index (χ3n) is 2.35. The number of hydrogen-bond donors (Lipinski definition) is 1. The second-order valence-corrected chi connectivity index (χ2v) is 4.87. The van der Waals surface area contributed by atoms with Crippen molar-refractivity contribution in [2.75, 3.05) is 12.4 Å². The second-order valence-electron chi connectivity index (χ2n) is 3.66. The summed E-state index contributed by atoms with van der Waals surface area (Å²) in [6.45, 7) is 1.69. The number of aromatic nitrogens is 1. The molecule has 100 valence electrons. The summed E-state index contributed by atoms with van der Waals surface area (Å²) in [5, 5.41) is 2.93. The van der Waals surface area contributed by atoms with E-state index in [0.29, 0.717) is 10.0 Å². The van der Waals surface area contributed by atoms with Crippen LogP contribution in [0.5, 0.6) is 0 Å².